The van der Waals surface area contributed by atoms with Crippen LogP contribution in [0.2, 0.25) is 0 Å². The molecule has 0 aromatic heterocycles. The van der Waals surface area contributed by atoms with E-state index in [0.717, 1.165) is 16.9 Å². The van der Waals surface area contributed by atoms with Gasteiger partial charge in [0.05, 0.1) is 13.2 Å². The summed E-state index contributed by atoms with van der Waals surface area (Å²) in [6.45, 7) is 2.28. The lowest BCUT2D eigenvalue weighted by Gasteiger charge is -2.24. The molecule has 3 atom stereocenters. The number of carbonyl (C=O) groups excluding carboxylic acids is 1. The Morgan fingerprint density at radius 2 is 1.74 bits per heavy atom. The molecule has 1 aliphatic heterocycles. The number of ether oxygens (including phenoxy) is 1. The minimum Gasteiger partial charge on any atom is -0.497 e. The summed E-state index contributed by atoms with van der Waals surface area (Å²) in [6.07, 6.45) is 0.944. The quantitative estimate of drug-likeness (QED) is 0.555. The topological polar surface area (TPSA) is 72.7 Å². The van der Waals surface area contributed by atoms with Gasteiger partial charge in [0.15, 0.2) is 0 Å². The number of rotatable bonds is 7. The molecule has 1 fully saturated rings. The van der Waals surface area contributed by atoms with E-state index in [-0.39, 0.29) is 10.8 Å². The van der Waals surface area contributed by atoms with Crippen LogP contribution in [0.4, 0.5) is 0 Å². The first-order chi connectivity index (χ1) is 13.0. The van der Waals surface area contributed by atoms with Crippen LogP contribution in [-0.2, 0) is 17.8 Å². The Kier molecular flexibility index (Phi) is 5.74. The molecule has 1 saturated heterocycles. The van der Waals surface area contributed by atoms with E-state index in [0.29, 0.717) is 19.4 Å². The summed E-state index contributed by atoms with van der Waals surface area (Å²) in [7, 11) is 1.60. The number of nitro groups is 1. The lowest BCUT2D eigenvalue weighted by molar-refractivity contribution is -0.531. The third-order valence-corrected chi connectivity index (χ3v) is 5.28. The van der Waals surface area contributed by atoms with Crippen molar-refractivity contribution < 1.29 is 14.5 Å². The van der Waals surface area contributed by atoms with Crippen molar-refractivity contribution in [3.05, 3.63) is 75.8 Å². The van der Waals surface area contributed by atoms with E-state index >= 15 is 0 Å². The smallest absolute Gasteiger partial charge is 0.245 e. The Labute approximate surface area is 158 Å². The summed E-state index contributed by atoms with van der Waals surface area (Å²) in [5.74, 6) is -0.0301. The molecular weight excluding hydrogens is 344 g/mol. The second-order valence-corrected chi connectivity index (χ2v) is 6.86. The van der Waals surface area contributed by atoms with Crippen LogP contribution in [0, 0.1) is 16.0 Å². The molecule has 1 heterocycles. The average Bonchev–Trinajstić information content (AvgIpc) is 2.95. The van der Waals surface area contributed by atoms with Crippen LogP contribution in [0.3, 0.4) is 0 Å². The Balaban J connectivity index is 1.86. The minimum absolute atomic E-state index is 0.136. The molecule has 6 heteroatoms. The van der Waals surface area contributed by atoms with Crippen LogP contribution < -0.4 is 4.74 Å². The van der Waals surface area contributed by atoms with Crippen LogP contribution in [0.1, 0.15) is 24.5 Å². The number of methoxy groups -OCH3 is 1. The van der Waals surface area contributed by atoms with Crippen LogP contribution in [0.25, 0.3) is 0 Å². The zero-order valence-corrected chi connectivity index (χ0v) is 15.6. The van der Waals surface area contributed by atoms with E-state index in [9.17, 15) is 14.9 Å². The predicted octanol–water partition coefficient (Wildman–Crippen LogP) is 3.32. The van der Waals surface area contributed by atoms with Crippen molar-refractivity contribution >= 4 is 5.91 Å². The fourth-order valence-corrected chi connectivity index (χ4v) is 3.92. The van der Waals surface area contributed by atoms with Crippen LogP contribution in [0.15, 0.2) is 54.6 Å². The van der Waals surface area contributed by atoms with Crippen molar-refractivity contribution in [1.29, 1.82) is 0 Å². The number of carbonyl (C=O) groups is 1. The highest BCUT2D eigenvalue weighted by Crippen LogP contribution is 2.33. The Morgan fingerprint density at radius 3 is 2.30 bits per heavy atom. The van der Waals surface area contributed by atoms with Crippen LogP contribution in [0.5, 0.6) is 5.75 Å². The van der Waals surface area contributed by atoms with Gasteiger partial charge >= 0.3 is 0 Å². The predicted molar refractivity (Wildman–Crippen MR) is 102 cm³/mol. The summed E-state index contributed by atoms with van der Waals surface area (Å²) in [5.41, 5.74) is 1.88. The van der Waals surface area contributed by atoms with E-state index < -0.39 is 18.0 Å². The molecule has 1 unspecified atom stereocenters. The van der Waals surface area contributed by atoms with E-state index in [1.807, 2.05) is 61.5 Å². The van der Waals surface area contributed by atoms with Gasteiger partial charge in [0.2, 0.25) is 11.9 Å². The molecule has 0 radical (unpaired) electrons. The summed E-state index contributed by atoms with van der Waals surface area (Å²) in [4.78, 5) is 26.3. The molecule has 27 heavy (non-hydrogen) atoms. The van der Waals surface area contributed by atoms with Crippen molar-refractivity contribution in [3.63, 3.8) is 0 Å². The Hall–Kier alpha value is -2.89. The highest BCUT2D eigenvalue weighted by atomic mass is 16.6. The first-order valence-electron chi connectivity index (χ1n) is 9.16. The maximum absolute atomic E-state index is 13.1. The third-order valence-electron chi connectivity index (χ3n) is 5.28. The number of amides is 1. The third kappa shape index (κ3) is 3.94. The lowest BCUT2D eigenvalue weighted by Crippen LogP contribution is -2.39. The summed E-state index contributed by atoms with van der Waals surface area (Å²) < 4.78 is 5.16. The SMILES string of the molecule is CCC1[C@@H]([N+](=O)[O-])[C@H](Cc2ccccc2)C(=O)N1Cc1ccc(OC)cc1. The molecule has 0 bridgehead atoms. The van der Waals surface area contributed by atoms with Gasteiger partial charge in [0, 0.05) is 11.5 Å². The monoisotopic (exact) mass is 368 g/mol. The van der Waals surface area contributed by atoms with Crippen molar-refractivity contribution in [2.75, 3.05) is 7.11 Å². The highest BCUT2D eigenvalue weighted by Gasteiger charge is 2.54. The molecule has 142 valence electrons. The largest absolute Gasteiger partial charge is 0.497 e. The van der Waals surface area contributed by atoms with Gasteiger partial charge in [0.25, 0.3) is 0 Å². The zero-order chi connectivity index (χ0) is 19.4. The standard InChI is InChI=1S/C21H24N2O4/c1-3-19-20(23(25)26)18(13-15-7-5-4-6-8-15)21(24)22(19)14-16-9-11-17(27-2)12-10-16/h4-12,18-20H,3,13-14H2,1-2H3/t18-,19?,20-/m0/s1. The molecule has 3 rings (SSSR count). The average molecular weight is 368 g/mol. The molecule has 6 nitrogen and oxygen atoms in total. The molecular formula is C21H24N2O4. The number of nitrogens with zero attached hydrogens (tertiary/aromatic N) is 2. The van der Waals surface area contributed by atoms with E-state index in [1.54, 1.807) is 12.0 Å². The van der Waals surface area contributed by atoms with Gasteiger partial charge in [-0.25, -0.2) is 0 Å². The van der Waals surface area contributed by atoms with Crippen LogP contribution >= 0.6 is 0 Å². The Morgan fingerprint density at radius 1 is 1.07 bits per heavy atom. The molecule has 0 spiro atoms. The van der Waals surface area contributed by atoms with Crippen molar-refractivity contribution in [2.45, 2.75) is 38.4 Å². The van der Waals surface area contributed by atoms with E-state index in [1.165, 1.54) is 0 Å². The van der Waals surface area contributed by atoms with Crippen LogP contribution in [-0.4, -0.2) is 34.9 Å². The fraction of sp³-hybridized carbons (Fsp3) is 0.381. The maximum atomic E-state index is 13.1. The van der Waals surface area contributed by atoms with Crippen molar-refractivity contribution in [2.24, 2.45) is 5.92 Å². The summed E-state index contributed by atoms with van der Waals surface area (Å²) >= 11 is 0. The molecule has 0 N–H and O–H groups in total. The Bertz CT molecular complexity index is 792. The molecule has 1 amide bonds. The van der Waals surface area contributed by atoms with Gasteiger partial charge < -0.3 is 9.64 Å². The normalized spacial score (nSPS) is 22.1. The number of likely N-dealkylation sites (tertiary alicyclic amines) is 1. The number of hydrogen-bond acceptors (Lipinski definition) is 4. The van der Waals surface area contributed by atoms with Gasteiger partial charge in [0.1, 0.15) is 11.7 Å². The minimum atomic E-state index is -0.888. The zero-order valence-electron chi connectivity index (χ0n) is 15.6. The van der Waals surface area contributed by atoms with Gasteiger partial charge in [-0.2, -0.15) is 0 Å². The molecule has 0 aliphatic carbocycles. The summed E-state index contributed by atoms with van der Waals surface area (Å²) in [5, 5.41) is 11.8. The highest BCUT2D eigenvalue weighted by molar-refractivity contribution is 5.83. The molecule has 2 aromatic carbocycles. The van der Waals surface area contributed by atoms with Gasteiger partial charge in [-0.05, 0) is 36.1 Å². The second kappa shape index (κ2) is 8.20. The van der Waals surface area contributed by atoms with Gasteiger partial charge in [-0.15, -0.1) is 0 Å². The first kappa shape index (κ1) is 18.9. The van der Waals surface area contributed by atoms with Gasteiger partial charge in [-0.3, -0.25) is 14.9 Å². The molecule has 1 aliphatic rings. The van der Waals surface area contributed by atoms with Gasteiger partial charge in [-0.1, -0.05) is 49.4 Å². The summed E-state index contributed by atoms with van der Waals surface area (Å²) in [6, 6.07) is 15.7. The molecule has 2 aromatic rings. The molecule has 0 saturated carbocycles. The second-order valence-electron chi connectivity index (χ2n) is 6.86. The lowest BCUT2D eigenvalue weighted by atomic mass is 9.91. The first-order valence-corrected chi connectivity index (χ1v) is 9.16. The van der Waals surface area contributed by atoms with Crippen molar-refractivity contribution in [3.8, 4) is 5.75 Å². The fourth-order valence-electron chi connectivity index (χ4n) is 3.92. The van der Waals surface area contributed by atoms with E-state index in [2.05, 4.69) is 0 Å². The number of hydrogen-bond donors (Lipinski definition) is 0. The van der Waals surface area contributed by atoms with E-state index in [4.69, 9.17) is 4.74 Å². The number of benzene rings is 2. The maximum Gasteiger partial charge on any atom is 0.245 e. The van der Waals surface area contributed by atoms with Crippen molar-refractivity contribution in [1.82, 2.24) is 4.90 Å².